The molecule has 2 heteroatoms. The summed E-state index contributed by atoms with van der Waals surface area (Å²) in [6.45, 7) is 4.54. The lowest BCUT2D eigenvalue weighted by Crippen LogP contribution is -2.37. The normalized spacial score (nSPS) is 36.9. The number of Topliss-reactive ketones (excluding diaryl/α,β-unsaturated/α-hetero) is 1. The monoisotopic (exact) mass is 167 g/mol. The van der Waals surface area contributed by atoms with E-state index in [2.05, 4.69) is 11.8 Å². The van der Waals surface area contributed by atoms with Crippen LogP contribution in [-0.2, 0) is 4.79 Å². The Bertz CT molecular complexity index is 184. The Labute approximate surface area is 73.9 Å². The van der Waals surface area contributed by atoms with Gasteiger partial charge in [-0.1, -0.05) is 6.92 Å². The van der Waals surface area contributed by atoms with Crippen LogP contribution in [0, 0.1) is 5.92 Å². The van der Waals surface area contributed by atoms with Crippen molar-refractivity contribution in [3.63, 3.8) is 0 Å². The first-order valence-corrected chi connectivity index (χ1v) is 5.07. The van der Waals surface area contributed by atoms with Crippen LogP contribution >= 0.6 is 0 Å². The lowest BCUT2D eigenvalue weighted by molar-refractivity contribution is -0.122. The number of carbonyl (C=O) groups is 1. The molecular weight excluding hydrogens is 150 g/mol. The van der Waals surface area contributed by atoms with Gasteiger partial charge in [0, 0.05) is 18.9 Å². The number of fused-ring (bicyclic) bond motifs is 1. The van der Waals surface area contributed by atoms with E-state index in [-0.39, 0.29) is 0 Å². The maximum atomic E-state index is 11.2. The molecule has 2 rings (SSSR count). The number of rotatable bonds is 1. The molecule has 0 bridgehead atoms. The molecule has 1 aliphatic carbocycles. The summed E-state index contributed by atoms with van der Waals surface area (Å²) in [4.78, 5) is 13.7. The van der Waals surface area contributed by atoms with E-state index in [0.717, 1.165) is 31.7 Å². The van der Waals surface area contributed by atoms with E-state index < -0.39 is 0 Å². The molecule has 0 aromatic heterocycles. The first-order valence-electron chi connectivity index (χ1n) is 5.07. The molecule has 1 heterocycles. The molecule has 2 unspecified atom stereocenters. The molecule has 1 aliphatic heterocycles. The van der Waals surface area contributed by atoms with E-state index in [9.17, 15) is 4.79 Å². The summed E-state index contributed by atoms with van der Waals surface area (Å²) in [6, 6.07) is 0.608. The van der Waals surface area contributed by atoms with Crippen LogP contribution in [0.25, 0.3) is 0 Å². The molecule has 0 N–H and O–H groups in total. The minimum absolute atomic E-state index is 0.483. The SMILES string of the molecule is CCN1CCC2CCC(=O)CC21. The molecule has 68 valence electrons. The van der Waals surface area contributed by atoms with E-state index in [4.69, 9.17) is 0 Å². The van der Waals surface area contributed by atoms with Gasteiger partial charge in [-0.05, 0) is 31.8 Å². The van der Waals surface area contributed by atoms with Gasteiger partial charge in [-0.15, -0.1) is 0 Å². The van der Waals surface area contributed by atoms with Gasteiger partial charge in [-0.2, -0.15) is 0 Å². The molecule has 0 aromatic carbocycles. The summed E-state index contributed by atoms with van der Waals surface area (Å²) in [5.41, 5.74) is 0. The Morgan fingerprint density at radius 3 is 3.08 bits per heavy atom. The Morgan fingerprint density at radius 2 is 2.33 bits per heavy atom. The van der Waals surface area contributed by atoms with Crippen LogP contribution < -0.4 is 0 Å². The minimum atomic E-state index is 0.483. The average Bonchev–Trinajstić information content (AvgIpc) is 2.46. The highest BCUT2D eigenvalue weighted by Gasteiger charge is 2.37. The van der Waals surface area contributed by atoms with Crippen LogP contribution in [0.5, 0.6) is 0 Å². The van der Waals surface area contributed by atoms with Crippen molar-refractivity contribution in [2.24, 2.45) is 5.92 Å². The van der Waals surface area contributed by atoms with E-state index >= 15 is 0 Å². The van der Waals surface area contributed by atoms with Crippen LogP contribution in [0.4, 0.5) is 0 Å². The third-order valence-electron chi connectivity index (χ3n) is 3.44. The summed E-state index contributed by atoms with van der Waals surface area (Å²) in [6.07, 6.45) is 4.16. The highest BCUT2D eigenvalue weighted by molar-refractivity contribution is 5.80. The summed E-state index contributed by atoms with van der Waals surface area (Å²) in [5.74, 6) is 1.32. The Kier molecular flexibility index (Phi) is 2.18. The van der Waals surface area contributed by atoms with Gasteiger partial charge in [0.1, 0.15) is 5.78 Å². The van der Waals surface area contributed by atoms with Crippen molar-refractivity contribution in [2.45, 2.75) is 38.6 Å². The van der Waals surface area contributed by atoms with E-state index in [1.54, 1.807) is 0 Å². The molecule has 0 spiro atoms. The lowest BCUT2D eigenvalue weighted by Gasteiger charge is -2.29. The topological polar surface area (TPSA) is 20.3 Å². The average molecular weight is 167 g/mol. The van der Waals surface area contributed by atoms with Crippen molar-refractivity contribution in [1.29, 1.82) is 0 Å². The van der Waals surface area contributed by atoms with Crippen molar-refractivity contribution in [1.82, 2.24) is 4.90 Å². The second-order valence-electron chi connectivity index (χ2n) is 4.03. The molecular formula is C10H17NO. The zero-order valence-electron chi connectivity index (χ0n) is 7.75. The first kappa shape index (κ1) is 8.24. The molecule has 0 radical (unpaired) electrons. The van der Waals surface area contributed by atoms with Gasteiger partial charge >= 0.3 is 0 Å². The number of ketones is 1. The maximum Gasteiger partial charge on any atom is 0.134 e. The molecule has 1 saturated heterocycles. The first-order chi connectivity index (χ1) is 5.81. The van der Waals surface area contributed by atoms with Crippen molar-refractivity contribution in [2.75, 3.05) is 13.1 Å². The number of hydrogen-bond acceptors (Lipinski definition) is 2. The van der Waals surface area contributed by atoms with Gasteiger partial charge in [0.05, 0.1) is 0 Å². The second-order valence-corrected chi connectivity index (χ2v) is 4.03. The van der Waals surface area contributed by atoms with Gasteiger partial charge in [0.2, 0.25) is 0 Å². The molecule has 1 saturated carbocycles. The summed E-state index contributed by atoms with van der Waals surface area (Å²) in [5, 5.41) is 0. The molecule has 2 aliphatic rings. The number of carbonyl (C=O) groups excluding carboxylic acids is 1. The maximum absolute atomic E-state index is 11.2. The standard InChI is InChI=1S/C10H17NO/c1-2-11-6-5-8-3-4-9(12)7-10(8)11/h8,10H,2-7H2,1H3. The van der Waals surface area contributed by atoms with Crippen molar-refractivity contribution in [3.05, 3.63) is 0 Å². The van der Waals surface area contributed by atoms with E-state index in [1.807, 2.05) is 0 Å². The molecule has 0 aromatic rings. The quantitative estimate of drug-likeness (QED) is 0.589. The van der Waals surface area contributed by atoms with Gasteiger partial charge in [-0.25, -0.2) is 0 Å². The van der Waals surface area contributed by atoms with Crippen LogP contribution in [0.15, 0.2) is 0 Å². The van der Waals surface area contributed by atoms with E-state index in [1.165, 1.54) is 13.0 Å². The predicted molar refractivity (Wildman–Crippen MR) is 48.0 cm³/mol. The smallest absolute Gasteiger partial charge is 0.134 e. The van der Waals surface area contributed by atoms with Gasteiger partial charge < -0.3 is 0 Å². The largest absolute Gasteiger partial charge is 0.300 e. The fraction of sp³-hybridized carbons (Fsp3) is 0.900. The Hall–Kier alpha value is -0.370. The summed E-state index contributed by atoms with van der Waals surface area (Å²) >= 11 is 0. The highest BCUT2D eigenvalue weighted by Crippen LogP contribution is 2.34. The van der Waals surface area contributed by atoms with Crippen molar-refractivity contribution in [3.8, 4) is 0 Å². The zero-order valence-corrected chi connectivity index (χ0v) is 7.75. The van der Waals surface area contributed by atoms with Crippen LogP contribution in [0.3, 0.4) is 0 Å². The molecule has 0 amide bonds. The molecule has 2 fully saturated rings. The highest BCUT2D eigenvalue weighted by atomic mass is 16.1. The number of likely N-dealkylation sites (tertiary alicyclic amines) is 1. The Balaban J connectivity index is 2.04. The molecule has 2 atom stereocenters. The minimum Gasteiger partial charge on any atom is -0.300 e. The zero-order chi connectivity index (χ0) is 8.55. The van der Waals surface area contributed by atoms with Gasteiger partial charge in [-0.3, -0.25) is 9.69 Å². The Morgan fingerprint density at radius 1 is 1.50 bits per heavy atom. The fourth-order valence-corrected chi connectivity index (χ4v) is 2.69. The lowest BCUT2D eigenvalue weighted by atomic mass is 9.84. The van der Waals surface area contributed by atoms with Gasteiger partial charge in [0.15, 0.2) is 0 Å². The fourth-order valence-electron chi connectivity index (χ4n) is 2.69. The predicted octanol–water partition coefficient (Wildman–Crippen LogP) is 1.45. The van der Waals surface area contributed by atoms with Gasteiger partial charge in [0.25, 0.3) is 0 Å². The third-order valence-corrected chi connectivity index (χ3v) is 3.44. The molecule has 2 nitrogen and oxygen atoms in total. The van der Waals surface area contributed by atoms with Crippen LogP contribution in [0.2, 0.25) is 0 Å². The second kappa shape index (κ2) is 3.17. The van der Waals surface area contributed by atoms with E-state index in [0.29, 0.717) is 11.8 Å². The molecule has 12 heavy (non-hydrogen) atoms. The summed E-state index contributed by atoms with van der Waals surface area (Å²) < 4.78 is 0. The van der Waals surface area contributed by atoms with Crippen LogP contribution in [0.1, 0.15) is 32.6 Å². The summed E-state index contributed by atoms with van der Waals surface area (Å²) in [7, 11) is 0. The number of nitrogens with zero attached hydrogens (tertiary/aromatic N) is 1. The van der Waals surface area contributed by atoms with Crippen LogP contribution in [-0.4, -0.2) is 29.8 Å². The van der Waals surface area contributed by atoms with Crippen molar-refractivity contribution >= 4 is 5.78 Å². The van der Waals surface area contributed by atoms with Crippen molar-refractivity contribution < 1.29 is 4.79 Å². The number of hydrogen-bond donors (Lipinski definition) is 0. The third kappa shape index (κ3) is 1.28.